The third-order valence-corrected chi connectivity index (χ3v) is 5.91. The number of aliphatic hydroxyl groups excluding tert-OH is 1. The predicted octanol–water partition coefficient (Wildman–Crippen LogP) is 4.11. The zero-order valence-corrected chi connectivity index (χ0v) is 17.4. The number of halogens is 1. The van der Waals surface area contributed by atoms with Crippen molar-refractivity contribution in [2.75, 3.05) is 13.1 Å². The molecule has 1 aliphatic heterocycles. The summed E-state index contributed by atoms with van der Waals surface area (Å²) in [6.45, 7) is 5.43. The van der Waals surface area contributed by atoms with E-state index in [2.05, 4.69) is 23.4 Å². The molecule has 6 nitrogen and oxygen atoms in total. The van der Waals surface area contributed by atoms with Crippen molar-refractivity contribution in [2.24, 2.45) is 0 Å². The molecule has 1 saturated heterocycles. The van der Waals surface area contributed by atoms with Gasteiger partial charge >= 0.3 is 0 Å². The van der Waals surface area contributed by atoms with Crippen molar-refractivity contribution < 1.29 is 9.90 Å². The van der Waals surface area contributed by atoms with Gasteiger partial charge in [-0.05, 0) is 31.0 Å². The van der Waals surface area contributed by atoms with Crippen LogP contribution >= 0.6 is 11.6 Å². The van der Waals surface area contributed by atoms with Gasteiger partial charge in [0.2, 0.25) is 0 Å². The molecule has 3 aromatic rings. The van der Waals surface area contributed by atoms with Gasteiger partial charge in [0.1, 0.15) is 11.3 Å². The van der Waals surface area contributed by atoms with Crippen molar-refractivity contribution in [1.82, 2.24) is 19.4 Å². The van der Waals surface area contributed by atoms with Crippen LogP contribution in [0.2, 0.25) is 5.02 Å². The first-order valence-electron chi connectivity index (χ1n) is 10.0. The summed E-state index contributed by atoms with van der Waals surface area (Å²) >= 11 is 6.15. The molecule has 4 rings (SSSR count). The van der Waals surface area contributed by atoms with Crippen molar-refractivity contribution in [1.29, 1.82) is 0 Å². The maximum Gasteiger partial charge on any atom is 0.256 e. The Kier molecular flexibility index (Phi) is 5.56. The van der Waals surface area contributed by atoms with Crippen LogP contribution in [0.3, 0.4) is 0 Å². The number of benzene rings is 1. The van der Waals surface area contributed by atoms with Crippen LogP contribution in [0.25, 0.3) is 11.2 Å². The van der Waals surface area contributed by atoms with Crippen LogP contribution in [0.15, 0.2) is 42.6 Å². The highest BCUT2D eigenvalue weighted by Gasteiger charge is 2.31. The molecule has 1 N–H and O–H groups in total. The van der Waals surface area contributed by atoms with Gasteiger partial charge in [0.15, 0.2) is 11.8 Å². The second-order valence-electron chi connectivity index (χ2n) is 7.82. The van der Waals surface area contributed by atoms with Gasteiger partial charge in [-0.2, -0.15) is 0 Å². The molecule has 152 valence electrons. The van der Waals surface area contributed by atoms with E-state index in [0.717, 1.165) is 29.8 Å². The Labute approximate surface area is 175 Å². The average molecular weight is 413 g/mol. The van der Waals surface area contributed by atoms with E-state index in [0.29, 0.717) is 23.7 Å². The van der Waals surface area contributed by atoms with E-state index in [4.69, 9.17) is 16.6 Å². The Morgan fingerprint density at radius 3 is 2.59 bits per heavy atom. The number of pyridine rings is 1. The van der Waals surface area contributed by atoms with E-state index in [1.54, 1.807) is 35.4 Å². The van der Waals surface area contributed by atoms with E-state index in [-0.39, 0.29) is 17.9 Å². The number of amides is 1. The highest BCUT2D eigenvalue weighted by atomic mass is 35.5. The second-order valence-corrected chi connectivity index (χ2v) is 8.23. The van der Waals surface area contributed by atoms with Crippen LogP contribution in [-0.4, -0.2) is 43.5 Å². The molecule has 1 aliphatic rings. The van der Waals surface area contributed by atoms with Gasteiger partial charge in [0.25, 0.3) is 5.91 Å². The molecule has 0 spiro atoms. The van der Waals surface area contributed by atoms with E-state index in [1.807, 2.05) is 12.1 Å². The molecule has 1 atom stereocenters. The average Bonchev–Trinajstić information content (AvgIpc) is 3.13. The number of likely N-dealkylation sites (tertiary alicyclic amines) is 1. The lowest BCUT2D eigenvalue weighted by atomic mass is 10.0. The molecule has 0 radical (unpaired) electrons. The van der Waals surface area contributed by atoms with Crippen molar-refractivity contribution in [3.63, 3.8) is 0 Å². The largest absolute Gasteiger partial charge is 0.378 e. The smallest absolute Gasteiger partial charge is 0.256 e. The molecule has 1 aromatic carbocycles. The maximum absolute atomic E-state index is 12.8. The quantitative estimate of drug-likeness (QED) is 0.700. The fourth-order valence-electron chi connectivity index (χ4n) is 4.06. The molecule has 7 heteroatoms. The lowest BCUT2D eigenvalue weighted by Crippen LogP contribution is -2.41. The van der Waals surface area contributed by atoms with Crippen LogP contribution in [0.4, 0.5) is 0 Å². The third kappa shape index (κ3) is 3.74. The van der Waals surface area contributed by atoms with Crippen LogP contribution in [0.5, 0.6) is 0 Å². The first-order chi connectivity index (χ1) is 14.0. The van der Waals surface area contributed by atoms with Gasteiger partial charge in [0.05, 0.1) is 0 Å². The molecule has 3 heterocycles. The predicted molar refractivity (Wildman–Crippen MR) is 113 cm³/mol. The molecular formula is C22H25ClN4O2. The lowest BCUT2D eigenvalue weighted by molar-refractivity contribution is -0.141. The SMILES string of the molecule is CC(C)c1nc2cccnc2n1C1CCN(C(=O)[C@@H](O)c2ccccc2Cl)CC1. The fraction of sp³-hybridized carbons (Fsp3) is 0.409. The molecular weight excluding hydrogens is 388 g/mol. The topological polar surface area (TPSA) is 71.2 Å². The first-order valence-corrected chi connectivity index (χ1v) is 10.4. The van der Waals surface area contributed by atoms with Gasteiger partial charge in [0, 0.05) is 41.8 Å². The summed E-state index contributed by atoms with van der Waals surface area (Å²) in [4.78, 5) is 23.9. The minimum atomic E-state index is -1.23. The van der Waals surface area contributed by atoms with Gasteiger partial charge in [-0.25, -0.2) is 9.97 Å². The van der Waals surface area contributed by atoms with Crippen LogP contribution in [-0.2, 0) is 4.79 Å². The van der Waals surface area contributed by atoms with Gasteiger partial charge < -0.3 is 14.6 Å². The van der Waals surface area contributed by atoms with Crippen molar-refractivity contribution in [3.05, 3.63) is 59.0 Å². The Bertz CT molecular complexity index is 1020. The van der Waals surface area contributed by atoms with E-state index < -0.39 is 6.10 Å². The number of imidazole rings is 1. The van der Waals surface area contributed by atoms with Gasteiger partial charge in [-0.3, -0.25) is 4.79 Å². The highest BCUT2D eigenvalue weighted by molar-refractivity contribution is 6.31. The van der Waals surface area contributed by atoms with Crippen molar-refractivity contribution in [2.45, 2.75) is 44.8 Å². The lowest BCUT2D eigenvalue weighted by Gasteiger charge is -2.34. The molecule has 0 unspecified atom stereocenters. The summed E-state index contributed by atoms with van der Waals surface area (Å²) in [6.07, 6.45) is 2.15. The summed E-state index contributed by atoms with van der Waals surface area (Å²) < 4.78 is 2.24. The Hall–Kier alpha value is -2.44. The van der Waals surface area contributed by atoms with Crippen LogP contribution in [0, 0.1) is 0 Å². The minimum absolute atomic E-state index is 0.230. The van der Waals surface area contributed by atoms with E-state index in [1.165, 1.54) is 0 Å². The van der Waals surface area contributed by atoms with E-state index in [9.17, 15) is 9.90 Å². The number of rotatable bonds is 4. The Morgan fingerprint density at radius 1 is 1.17 bits per heavy atom. The number of piperidine rings is 1. The molecule has 2 aromatic heterocycles. The number of hydrogen-bond donors (Lipinski definition) is 1. The summed E-state index contributed by atoms with van der Waals surface area (Å²) in [7, 11) is 0. The molecule has 0 saturated carbocycles. The Morgan fingerprint density at radius 2 is 1.90 bits per heavy atom. The molecule has 1 amide bonds. The standard InChI is InChI=1S/C22H25ClN4O2/c1-14(2)20-25-18-8-5-11-24-21(18)27(20)15-9-12-26(13-10-15)22(29)19(28)16-6-3-4-7-17(16)23/h3-8,11,14-15,19,28H,9-10,12-13H2,1-2H3/t19-/m0/s1. The summed E-state index contributed by atoms with van der Waals surface area (Å²) in [5.74, 6) is 1.01. The third-order valence-electron chi connectivity index (χ3n) is 5.57. The second kappa shape index (κ2) is 8.13. The zero-order valence-electron chi connectivity index (χ0n) is 16.6. The maximum atomic E-state index is 12.8. The molecule has 1 fully saturated rings. The monoisotopic (exact) mass is 412 g/mol. The summed E-state index contributed by atoms with van der Waals surface area (Å²) in [5, 5.41) is 10.9. The number of nitrogens with zero attached hydrogens (tertiary/aromatic N) is 4. The summed E-state index contributed by atoms with van der Waals surface area (Å²) in [5.41, 5.74) is 2.26. The van der Waals surface area contributed by atoms with Gasteiger partial charge in [-0.15, -0.1) is 0 Å². The molecule has 29 heavy (non-hydrogen) atoms. The first kappa shape index (κ1) is 19.9. The minimum Gasteiger partial charge on any atom is -0.378 e. The fourth-order valence-corrected chi connectivity index (χ4v) is 4.30. The Balaban J connectivity index is 1.52. The van der Waals surface area contributed by atoms with Crippen molar-refractivity contribution >= 4 is 28.7 Å². The van der Waals surface area contributed by atoms with Crippen LogP contribution in [0.1, 0.15) is 56.1 Å². The number of hydrogen-bond acceptors (Lipinski definition) is 4. The number of carbonyl (C=O) groups is 1. The number of carbonyl (C=O) groups excluding carboxylic acids is 1. The zero-order chi connectivity index (χ0) is 20.5. The van der Waals surface area contributed by atoms with E-state index >= 15 is 0 Å². The van der Waals surface area contributed by atoms with Gasteiger partial charge in [-0.1, -0.05) is 43.6 Å². The normalized spacial score (nSPS) is 16.5. The highest BCUT2D eigenvalue weighted by Crippen LogP contribution is 2.32. The number of aliphatic hydroxyl groups is 1. The van der Waals surface area contributed by atoms with Crippen LogP contribution < -0.4 is 0 Å². The number of aromatic nitrogens is 3. The molecule has 0 bridgehead atoms. The molecule has 0 aliphatic carbocycles. The number of fused-ring (bicyclic) bond motifs is 1. The van der Waals surface area contributed by atoms with Crippen molar-refractivity contribution in [3.8, 4) is 0 Å². The summed E-state index contributed by atoms with van der Waals surface area (Å²) in [6, 6.07) is 11.1.